The molecule has 7 nitrogen and oxygen atoms in total. The molecule has 7 heteroatoms. The molecule has 0 unspecified atom stereocenters. The van der Waals surface area contributed by atoms with Crippen LogP contribution in [0.1, 0.15) is 25.5 Å². The standard InChI is InChI=1S/C23H20N4O3/c1-23(2)20(15-6-4-3-5-7-15)27(22(29)30-23)17-10-8-16(9-11-17)26-19-14-24-13-12-18(19)25-21(26)28/h3-14,20H,1-2H3,(H,25,28)/t20-/m0/s1. The molecule has 1 aliphatic heterocycles. The lowest BCUT2D eigenvalue weighted by molar-refractivity contribution is 0.0685. The summed E-state index contributed by atoms with van der Waals surface area (Å²) in [5, 5.41) is 0. The van der Waals surface area contributed by atoms with E-state index in [0.29, 0.717) is 22.4 Å². The van der Waals surface area contributed by atoms with Crippen molar-refractivity contribution in [2.45, 2.75) is 25.5 Å². The van der Waals surface area contributed by atoms with E-state index in [1.807, 2.05) is 68.4 Å². The monoisotopic (exact) mass is 400 g/mol. The molecule has 0 radical (unpaired) electrons. The van der Waals surface area contributed by atoms with Crippen molar-refractivity contribution in [1.29, 1.82) is 0 Å². The molecule has 2 aromatic heterocycles. The number of imidazole rings is 1. The van der Waals surface area contributed by atoms with Crippen molar-refractivity contribution in [3.8, 4) is 5.69 Å². The minimum absolute atomic E-state index is 0.241. The van der Waals surface area contributed by atoms with Gasteiger partial charge in [0.05, 0.1) is 22.9 Å². The zero-order valence-electron chi connectivity index (χ0n) is 16.6. The molecule has 0 spiro atoms. The quantitative estimate of drug-likeness (QED) is 0.559. The van der Waals surface area contributed by atoms with Gasteiger partial charge in [-0.15, -0.1) is 0 Å². The number of fused-ring (bicyclic) bond motifs is 1. The third-order valence-electron chi connectivity index (χ3n) is 5.45. The fourth-order valence-corrected chi connectivity index (χ4v) is 4.16. The Morgan fingerprint density at radius 1 is 0.967 bits per heavy atom. The fraction of sp³-hybridized carbons (Fsp3) is 0.174. The molecule has 0 saturated carbocycles. The van der Waals surface area contributed by atoms with Gasteiger partial charge in [0.15, 0.2) is 0 Å². The van der Waals surface area contributed by atoms with Crippen molar-refractivity contribution in [2.75, 3.05) is 4.90 Å². The van der Waals surface area contributed by atoms with E-state index >= 15 is 0 Å². The van der Waals surface area contributed by atoms with Crippen molar-refractivity contribution in [1.82, 2.24) is 14.5 Å². The topological polar surface area (TPSA) is 80.2 Å². The number of hydrogen-bond donors (Lipinski definition) is 1. The summed E-state index contributed by atoms with van der Waals surface area (Å²) in [5.74, 6) is 0. The lowest BCUT2D eigenvalue weighted by Gasteiger charge is -2.29. The van der Waals surface area contributed by atoms with E-state index in [9.17, 15) is 9.59 Å². The number of carbonyl (C=O) groups excluding carboxylic acids is 1. The Kier molecular flexibility index (Phi) is 3.99. The lowest BCUT2D eigenvalue weighted by Crippen LogP contribution is -2.33. The van der Waals surface area contributed by atoms with Gasteiger partial charge in [0.25, 0.3) is 0 Å². The molecule has 1 saturated heterocycles. The fourth-order valence-electron chi connectivity index (χ4n) is 4.16. The van der Waals surface area contributed by atoms with Crippen LogP contribution >= 0.6 is 0 Å². The Bertz CT molecular complexity index is 1290. The van der Waals surface area contributed by atoms with Gasteiger partial charge in [0, 0.05) is 11.9 Å². The van der Waals surface area contributed by atoms with Crippen molar-refractivity contribution < 1.29 is 9.53 Å². The first-order valence-electron chi connectivity index (χ1n) is 9.68. The molecule has 1 aliphatic rings. The van der Waals surface area contributed by atoms with E-state index in [4.69, 9.17) is 4.74 Å². The van der Waals surface area contributed by atoms with Gasteiger partial charge in [0.2, 0.25) is 0 Å². The SMILES string of the molecule is CC1(C)OC(=O)N(c2ccc(-n3c(=O)[nH]c4ccncc43)cc2)[C@H]1c1ccccc1. The van der Waals surface area contributed by atoms with Gasteiger partial charge in [-0.1, -0.05) is 30.3 Å². The van der Waals surface area contributed by atoms with Gasteiger partial charge in [-0.3, -0.25) is 14.5 Å². The highest BCUT2D eigenvalue weighted by atomic mass is 16.6. The molecule has 0 bridgehead atoms. The molecule has 1 fully saturated rings. The van der Waals surface area contributed by atoms with E-state index in [0.717, 1.165) is 5.56 Å². The molecular weight excluding hydrogens is 380 g/mol. The molecule has 3 heterocycles. The number of ether oxygens (including phenoxy) is 1. The Morgan fingerprint density at radius 3 is 2.40 bits per heavy atom. The number of nitrogens with one attached hydrogen (secondary N) is 1. The maximum absolute atomic E-state index is 12.8. The highest BCUT2D eigenvalue weighted by Gasteiger charge is 2.49. The predicted molar refractivity (Wildman–Crippen MR) is 114 cm³/mol. The van der Waals surface area contributed by atoms with E-state index in [2.05, 4.69) is 9.97 Å². The van der Waals surface area contributed by atoms with Crippen LogP contribution in [0.5, 0.6) is 0 Å². The molecule has 5 rings (SSSR count). The first-order chi connectivity index (χ1) is 14.5. The number of benzene rings is 2. The summed E-state index contributed by atoms with van der Waals surface area (Å²) in [4.78, 5) is 33.8. The molecule has 0 aliphatic carbocycles. The second-order valence-corrected chi connectivity index (χ2v) is 7.83. The van der Waals surface area contributed by atoms with Gasteiger partial charge in [0.1, 0.15) is 11.6 Å². The summed E-state index contributed by atoms with van der Waals surface area (Å²) in [6.07, 6.45) is 2.89. The Labute approximate surface area is 172 Å². The Hall–Kier alpha value is -3.87. The van der Waals surface area contributed by atoms with Crippen molar-refractivity contribution in [3.63, 3.8) is 0 Å². The maximum Gasteiger partial charge on any atom is 0.415 e. The Morgan fingerprint density at radius 2 is 1.67 bits per heavy atom. The minimum atomic E-state index is -0.684. The number of carbonyl (C=O) groups is 1. The van der Waals surface area contributed by atoms with Crippen molar-refractivity contribution >= 4 is 22.8 Å². The number of pyridine rings is 1. The number of aromatic amines is 1. The number of aromatic nitrogens is 3. The van der Waals surface area contributed by atoms with Crippen molar-refractivity contribution in [2.24, 2.45) is 0 Å². The maximum atomic E-state index is 12.8. The summed E-state index contributed by atoms with van der Waals surface area (Å²) >= 11 is 0. The molecule has 1 N–H and O–H groups in total. The summed E-state index contributed by atoms with van der Waals surface area (Å²) in [6.45, 7) is 3.82. The third kappa shape index (κ3) is 2.78. The number of hydrogen-bond acceptors (Lipinski definition) is 4. The van der Waals surface area contributed by atoms with Crippen LogP contribution < -0.4 is 10.6 Å². The largest absolute Gasteiger partial charge is 0.441 e. The first kappa shape index (κ1) is 18.2. The van der Waals surface area contributed by atoms with Crippen LogP contribution in [0.2, 0.25) is 0 Å². The van der Waals surface area contributed by atoms with Gasteiger partial charge in [-0.2, -0.15) is 0 Å². The number of nitrogens with zero attached hydrogens (tertiary/aromatic N) is 3. The number of anilines is 1. The third-order valence-corrected chi connectivity index (χ3v) is 5.45. The van der Waals surface area contributed by atoms with E-state index < -0.39 is 11.7 Å². The zero-order valence-corrected chi connectivity index (χ0v) is 16.6. The van der Waals surface area contributed by atoms with Gasteiger partial charge >= 0.3 is 11.8 Å². The highest BCUT2D eigenvalue weighted by Crippen LogP contribution is 2.43. The molecule has 1 atom stereocenters. The van der Waals surface area contributed by atoms with Crippen LogP contribution in [0.4, 0.5) is 10.5 Å². The van der Waals surface area contributed by atoms with Crippen LogP contribution in [-0.4, -0.2) is 26.2 Å². The van der Waals surface area contributed by atoms with Crippen LogP contribution in [0.25, 0.3) is 16.7 Å². The number of H-pyrrole nitrogens is 1. The molecule has 1 amide bonds. The number of amides is 1. The van der Waals surface area contributed by atoms with Crippen molar-refractivity contribution in [3.05, 3.63) is 89.1 Å². The van der Waals surface area contributed by atoms with E-state index in [-0.39, 0.29) is 11.7 Å². The molecule has 30 heavy (non-hydrogen) atoms. The van der Waals surface area contributed by atoms with Crippen LogP contribution in [0.3, 0.4) is 0 Å². The van der Waals surface area contributed by atoms with Crippen LogP contribution in [0.15, 0.2) is 77.9 Å². The summed E-state index contributed by atoms with van der Waals surface area (Å²) in [6, 6.07) is 18.6. The highest BCUT2D eigenvalue weighted by molar-refractivity contribution is 5.91. The smallest absolute Gasteiger partial charge is 0.415 e. The minimum Gasteiger partial charge on any atom is -0.441 e. The molecule has 150 valence electrons. The summed E-state index contributed by atoms with van der Waals surface area (Å²) in [5.41, 5.74) is 2.87. The first-order valence-corrected chi connectivity index (χ1v) is 9.68. The Balaban J connectivity index is 1.57. The van der Waals surface area contributed by atoms with Gasteiger partial charge in [-0.25, -0.2) is 9.59 Å². The second-order valence-electron chi connectivity index (χ2n) is 7.83. The average molecular weight is 400 g/mol. The van der Waals surface area contributed by atoms with Crippen LogP contribution in [0, 0.1) is 0 Å². The zero-order chi connectivity index (χ0) is 20.9. The molecular formula is C23H20N4O3. The number of rotatable bonds is 3. The average Bonchev–Trinajstić information content (AvgIpc) is 3.20. The molecule has 2 aromatic carbocycles. The van der Waals surface area contributed by atoms with E-state index in [1.54, 1.807) is 27.9 Å². The normalized spacial score (nSPS) is 18.0. The molecule has 4 aromatic rings. The number of cyclic esters (lactones) is 1. The van der Waals surface area contributed by atoms with E-state index in [1.165, 1.54) is 0 Å². The second kappa shape index (κ2) is 6.59. The summed E-state index contributed by atoms with van der Waals surface area (Å²) < 4.78 is 7.24. The summed E-state index contributed by atoms with van der Waals surface area (Å²) in [7, 11) is 0. The predicted octanol–water partition coefficient (Wildman–Crippen LogP) is 4.19. The lowest BCUT2D eigenvalue weighted by atomic mass is 9.91. The van der Waals surface area contributed by atoms with Crippen LogP contribution in [-0.2, 0) is 4.74 Å². The van der Waals surface area contributed by atoms with Gasteiger partial charge in [-0.05, 0) is 49.7 Å². The van der Waals surface area contributed by atoms with Gasteiger partial charge < -0.3 is 9.72 Å².